The molecule has 0 radical (unpaired) electrons. The number of carbonyl (C=O) groups is 2. The first-order valence-corrected chi connectivity index (χ1v) is 7.75. The fourth-order valence-electron chi connectivity index (χ4n) is 2.59. The van der Waals surface area contributed by atoms with Crippen molar-refractivity contribution in [1.29, 1.82) is 0 Å². The van der Waals surface area contributed by atoms with E-state index in [1.165, 1.54) is 0 Å². The van der Waals surface area contributed by atoms with Crippen molar-refractivity contribution in [3.63, 3.8) is 0 Å². The van der Waals surface area contributed by atoms with Crippen molar-refractivity contribution in [3.05, 3.63) is 35.4 Å². The molecule has 2 rings (SSSR count). The Kier molecular flexibility index (Phi) is 6.14. The lowest BCUT2D eigenvalue weighted by molar-refractivity contribution is -0.153. The number of hydrogen-bond acceptors (Lipinski definition) is 4. The topological polar surface area (TPSA) is 84.9 Å². The number of nitrogens with one attached hydrogen (secondary N) is 1. The summed E-state index contributed by atoms with van der Waals surface area (Å²) in [5, 5.41) is 9.64. The SMILES string of the molecule is COc1ccc2c(C(=O)NCC(=O)O)c(OCC(F)(F)F)ccc2c1C(F)(F)F. The first-order chi connectivity index (χ1) is 13.3. The van der Waals surface area contributed by atoms with Crippen molar-refractivity contribution in [1.82, 2.24) is 5.32 Å². The van der Waals surface area contributed by atoms with Crippen molar-refractivity contribution >= 4 is 22.6 Å². The summed E-state index contributed by atoms with van der Waals surface area (Å²) in [4.78, 5) is 23.0. The van der Waals surface area contributed by atoms with Gasteiger partial charge >= 0.3 is 18.3 Å². The molecule has 158 valence electrons. The van der Waals surface area contributed by atoms with Gasteiger partial charge < -0.3 is 19.9 Å². The monoisotopic (exact) mass is 425 g/mol. The number of rotatable bonds is 6. The number of hydrogen-bond donors (Lipinski definition) is 2. The molecule has 6 nitrogen and oxygen atoms in total. The summed E-state index contributed by atoms with van der Waals surface area (Å²) in [6, 6.07) is 3.56. The van der Waals surface area contributed by atoms with Crippen LogP contribution in [0.5, 0.6) is 11.5 Å². The molecule has 0 heterocycles. The van der Waals surface area contributed by atoms with Crippen LogP contribution in [0, 0.1) is 0 Å². The molecule has 1 amide bonds. The number of methoxy groups -OCH3 is 1. The van der Waals surface area contributed by atoms with E-state index in [0.29, 0.717) is 0 Å². The molecule has 0 fully saturated rings. The molecular formula is C17H13F6NO5. The van der Waals surface area contributed by atoms with Gasteiger partial charge in [-0.25, -0.2) is 0 Å². The van der Waals surface area contributed by atoms with Gasteiger partial charge in [-0.05, 0) is 35.0 Å². The molecule has 0 spiro atoms. The van der Waals surface area contributed by atoms with E-state index in [4.69, 9.17) is 9.84 Å². The van der Waals surface area contributed by atoms with Crippen LogP contribution in [0.15, 0.2) is 24.3 Å². The van der Waals surface area contributed by atoms with E-state index in [-0.39, 0.29) is 5.39 Å². The smallest absolute Gasteiger partial charge is 0.422 e. The summed E-state index contributed by atoms with van der Waals surface area (Å²) in [5.41, 5.74) is -1.91. The van der Waals surface area contributed by atoms with E-state index >= 15 is 0 Å². The molecule has 0 aliphatic heterocycles. The second-order valence-corrected chi connectivity index (χ2v) is 5.65. The van der Waals surface area contributed by atoms with Gasteiger partial charge in [0.15, 0.2) is 6.61 Å². The molecule has 2 N–H and O–H groups in total. The number of ether oxygens (including phenoxy) is 2. The first kappa shape index (κ1) is 22.1. The van der Waals surface area contributed by atoms with Gasteiger partial charge in [0, 0.05) is 0 Å². The number of carboxylic acid groups (broad SMARTS) is 1. The van der Waals surface area contributed by atoms with Gasteiger partial charge in [-0.15, -0.1) is 0 Å². The minimum Gasteiger partial charge on any atom is -0.496 e. The largest absolute Gasteiger partial charge is 0.496 e. The average Bonchev–Trinajstić information content (AvgIpc) is 2.61. The van der Waals surface area contributed by atoms with Gasteiger partial charge in [0.2, 0.25) is 0 Å². The highest BCUT2D eigenvalue weighted by Gasteiger charge is 2.37. The van der Waals surface area contributed by atoms with E-state index in [9.17, 15) is 35.9 Å². The summed E-state index contributed by atoms with van der Waals surface area (Å²) in [5.74, 6) is -3.90. The quantitative estimate of drug-likeness (QED) is 0.691. The average molecular weight is 425 g/mol. The summed E-state index contributed by atoms with van der Waals surface area (Å²) < 4.78 is 87.3. The summed E-state index contributed by atoms with van der Waals surface area (Å²) in [6.45, 7) is -2.71. The van der Waals surface area contributed by atoms with Gasteiger partial charge in [-0.3, -0.25) is 9.59 Å². The van der Waals surface area contributed by atoms with Gasteiger partial charge in [0.05, 0.1) is 12.7 Å². The van der Waals surface area contributed by atoms with Crippen LogP contribution in [0.2, 0.25) is 0 Å². The second kappa shape index (κ2) is 8.05. The molecule has 2 aromatic carbocycles. The predicted molar refractivity (Wildman–Crippen MR) is 87.0 cm³/mol. The number of benzene rings is 2. The van der Waals surface area contributed by atoms with Crippen LogP contribution in [0.3, 0.4) is 0 Å². The number of amides is 1. The zero-order valence-corrected chi connectivity index (χ0v) is 14.6. The lowest BCUT2D eigenvalue weighted by Gasteiger charge is -2.19. The maximum atomic E-state index is 13.5. The third-order valence-corrected chi connectivity index (χ3v) is 3.65. The molecule has 0 saturated carbocycles. The molecule has 12 heteroatoms. The normalized spacial score (nSPS) is 12.0. The molecule has 29 heavy (non-hydrogen) atoms. The van der Waals surface area contributed by atoms with Gasteiger partial charge in [0.25, 0.3) is 5.91 Å². The third kappa shape index (κ3) is 5.21. The molecular weight excluding hydrogens is 412 g/mol. The summed E-state index contributed by atoms with van der Waals surface area (Å²) in [6.07, 6.45) is -9.69. The van der Waals surface area contributed by atoms with E-state index in [1.807, 2.05) is 5.32 Å². The Morgan fingerprint density at radius 1 is 1.00 bits per heavy atom. The molecule has 0 unspecified atom stereocenters. The van der Waals surface area contributed by atoms with Crippen LogP contribution in [-0.2, 0) is 11.0 Å². The van der Waals surface area contributed by atoms with Gasteiger partial charge in [0.1, 0.15) is 23.6 Å². The summed E-state index contributed by atoms with van der Waals surface area (Å²) >= 11 is 0. The first-order valence-electron chi connectivity index (χ1n) is 7.75. The highest BCUT2D eigenvalue weighted by molar-refractivity contribution is 6.11. The highest BCUT2D eigenvalue weighted by atomic mass is 19.4. The van der Waals surface area contributed by atoms with Crippen LogP contribution in [-0.4, -0.2) is 43.4 Å². The number of carboxylic acids is 1. The molecule has 0 saturated heterocycles. The zero-order valence-electron chi connectivity index (χ0n) is 14.6. The van der Waals surface area contributed by atoms with Crippen molar-refractivity contribution < 1.29 is 50.5 Å². The second-order valence-electron chi connectivity index (χ2n) is 5.65. The molecule has 0 aromatic heterocycles. The lowest BCUT2D eigenvalue weighted by atomic mass is 9.97. The van der Waals surface area contributed by atoms with E-state index in [2.05, 4.69) is 4.74 Å². The lowest BCUT2D eigenvalue weighted by Crippen LogP contribution is -2.30. The maximum absolute atomic E-state index is 13.5. The Morgan fingerprint density at radius 2 is 1.59 bits per heavy atom. The Bertz CT molecular complexity index is 939. The predicted octanol–water partition coefficient (Wildman–Crippen LogP) is 3.62. The molecule has 0 aliphatic carbocycles. The van der Waals surface area contributed by atoms with Crippen LogP contribution < -0.4 is 14.8 Å². The van der Waals surface area contributed by atoms with E-state index < -0.39 is 65.4 Å². The molecule has 0 atom stereocenters. The standard InChI is InChI=1S/C17H13F6NO5/c1-28-11-5-2-8-9(14(11)17(21,22)23)3-4-10(29-7-16(18,19)20)13(8)15(27)24-6-12(25)26/h2-5H,6-7H2,1H3,(H,24,27)(H,25,26). The fourth-order valence-corrected chi connectivity index (χ4v) is 2.59. The number of carbonyl (C=O) groups excluding carboxylic acids is 1. The van der Waals surface area contributed by atoms with Gasteiger partial charge in [-0.2, -0.15) is 26.3 Å². The van der Waals surface area contributed by atoms with Crippen molar-refractivity contribution in [2.24, 2.45) is 0 Å². The third-order valence-electron chi connectivity index (χ3n) is 3.65. The van der Waals surface area contributed by atoms with Crippen LogP contribution in [0.1, 0.15) is 15.9 Å². The Hall–Kier alpha value is -3.18. The number of halogens is 6. The summed E-state index contributed by atoms with van der Waals surface area (Å²) in [7, 11) is 0.998. The van der Waals surface area contributed by atoms with Crippen LogP contribution in [0.4, 0.5) is 26.3 Å². The Balaban J connectivity index is 2.73. The number of alkyl halides is 6. The minimum absolute atomic E-state index is 0.388. The van der Waals surface area contributed by atoms with Crippen molar-refractivity contribution in [2.45, 2.75) is 12.4 Å². The molecule has 0 bridgehead atoms. The van der Waals surface area contributed by atoms with E-state index in [0.717, 1.165) is 31.4 Å². The van der Waals surface area contributed by atoms with E-state index in [1.54, 1.807) is 0 Å². The van der Waals surface area contributed by atoms with Crippen molar-refractivity contribution in [3.8, 4) is 11.5 Å². The molecule has 0 aliphatic rings. The van der Waals surface area contributed by atoms with Gasteiger partial charge in [-0.1, -0.05) is 0 Å². The molecule has 2 aromatic rings. The Labute approximate surface area is 159 Å². The van der Waals surface area contributed by atoms with Crippen LogP contribution >= 0.6 is 0 Å². The minimum atomic E-state index is -4.91. The zero-order chi connectivity index (χ0) is 22.0. The highest BCUT2D eigenvalue weighted by Crippen LogP contribution is 2.43. The van der Waals surface area contributed by atoms with Crippen molar-refractivity contribution in [2.75, 3.05) is 20.3 Å². The van der Waals surface area contributed by atoms with Crippen LogP contribution in [0.25, 0.3) is 10.8 Å². The number of fused-ring (bicyclic) bond motifs is 1. The maximum Gasteiger partial charge on any atom is 0.422 e. The fraction of sp³-hybridized carbons (Fsp3) is 0.294. The Morgan fingerprint density at radius 3 is 2.10 bits per heavy atom. The number of aliphatic carboxylic acids is 1.